The number of hydrogen-bond acceptors (Lipinski definition) is 1. The first-order valence-electron chi connectivity index (χ1n) is 7.83. The van der Waals surface area contributed by atoms with Crippen LogP contribution in [0.5, 0.6) is 5.75 Å². The Labute approximate surface area is 123 Å². The van der Waals surface area contributed by atoms with Crippen LogP contribution < -0.4 is 4.43 Å². The van der Waals surface area contributed by atoms with Crippen molar-refractivity contribution in [3.05, 3.63) is 42.5 Å². The minimum Gasteiger partial charge on any atom is -0.544 e. The zero-order valence-corrected chi connectivity index (χ0v) is 13.6. The first-order valence-corrected chi connectivity index (χ1v) is 10.8. The predicted molar refractivity (Wildman–Crippen MR) is 88.9 cm³/mol. The largest absolute Gasteiger partial charge is 0.544 e. The highest BCUT2D eigenvalue weighted by Crippen LogP contribution is 2.38. The summed E-state index contributed by atoms with van der Waals surface area (Å²) < 4.78 is 6.49. The zero-order valence-electron chi connectivity index (χ0n) is 12.6. The molecular formula is C18H24OSi. The maximum absolute atomic E-state index is 6.49. The van der Waals surface area contributed by atoms with Gasteiger partial charge in [-0.2, -0.15) is 0 Å². The number of fused-ring (bicyclic) bond motifs is 1. The summed E-state index contributed by atoms with van der Waals surface area (Å²) >= 11 is 0. The van der Waals surface area contributed by atoms with Gasteiger partial charge in [-0.05, 0) is 54.4 Å². The van der Waals surface area contributed by atoms with Crippen LogP contribution >= 0.6 is 0 Å². The Hall–Kier alpha value is -1.28. The Morgan fingerprint density at radius 1 is 0.900 bits per heavy atom. The smallest absolute Gasteiger partial charge is 0.248 e. The molecular weight excluding hydrogens is 260 g/mol. The van der Waals surface area contributed by atoms with E-state index in [-0.39, 0.29) is 0 Å². The molecule has 106 valence electrons. The third kappa shape index (κ3) is 2.90. The van der Waals surface area contributed by atoms with Gasteiger partial charge in [0.1, 0.15) is 5.75 Å². The average molecular weight is 284 g/mol. The Morgan fingerprint density at radius 3 is 2.35 bits per heavy atom. The Balaban J connectivity index is 1.80. The van der Waals surface area contributed by atoms with Crippen molar-refractivity contribution < 1.29 is 4.43 Å². The zero-order chi connectivity index (χ0) is 14.0. The minimum atomic E-state index is -1.63. The van der Waals surface area contributed by atoms with Gasteiger partial charge in [-0.25, -0.2) is 0 Å². The predicted octanol–water partition coefficient (Wildman–Crippen LogP) is 5.76. The molecule has 0 aromatic heterocycles. The lowest BCUT2D eigenvalue weighted by Crippen LogP contribution is -2.40. The summed E-state index contributed by atoms with van der Waals surface area (Å²) in [5, 5.41) is 2.57. The molecule has 1 nitrogen and oxygen atoms in total. The SMILES string of the molecule is C[Si](C)(Oc1ccc2ccccc2c1)C1CCCCC1. The molecule has 2 aromatic carbocycles. The summed E-state index contributed by atoms with van der Waals surface area (Å²) in [7, 11) is -1.63. The van der Waals surface area contributed by atoms with Crippen molar-refractivity contribution in [2.75, 3.05) is 0 Å². The summed E-state index contributed by atoms with van der Waals surface area (Å²) in [6, 6.07) is 15.0. The van der Waals surface area contributed by atoms with Crippen molar-refractivity contribution >= 4 is 19.1 Å². The van der Waals surface area contributed by atoms with E-state index in [1.165, 1.54) is 42.9 Å². The lowest BCUT2D eigenvalue weighted by molar-refractivity contribution is 0.440. The van der Waals surface area contributed by atoms with Crippen molar-refractivity contribution in [2.24, 2.45) is 0 Å². The molecule has 0 bridgehead atoms. The van der Waals surface area contributed by atoms with Gasteiger partial charge in [-0.15, -0.1) is 0 Å². The van der Waals surface area contributed by atoms with E-state index < -0.39 is 8.32 Å². The van der Waals surface area contributed by atoms with Crippen LogP contribution in [0.1, 0.15) is 32.1 Å². The molecule has 0 heterocycles. The summed E-state index contributed by atoms with van der Waals surface area (Å²) in [5.41, 5.74) is 0.822. The molecule has 1 saturated carbocycles. The molecule has 0 atom stereocenters. The van der Waals surface area contributed by atoms with Gasteiger partial charge in [0.15, 0.2) is 0 Å². The number of hydrogen-bond donors (Lipinski definition) is 0. The van der Waals surface area contributed by atoms with E-state index in [2.05, 4.69) is 55.6 Å². The van der Waals surface area contributed by atoms with Crippen LogP contribution in [0.3, 0.4) is 0 Å². The fourth-order valence-corrected chi connectivity index (χ4v) is 6.12. The van der Waals surface area contributed by atoms with Crippen LogP contribution in [0.25, 0.3) is 10.8 Å². The third-order valence-electron chi connectivity index (χ3n) is 4.69. The highest BCUT2D eigenvalue weighted by Gasteiger charge is 2.36. The highest BCUT2D eigenvalue weighted by atomic mass is 28.4. The van der Waals surface area contributed by atoms with E-state index in [4.69, 9.17) is 4.43 Å². The van der Waals surface area contributed by atoms with Crippen LogP contribution in [0.4, 0.5) is 0 Å². The topological polar surface area (TPSA) is 9.23 Å². The van der Waals surface area contributed by atoms with E-state index in [1.54, 1.807) is 0 Å². The standard InChI is InChI=1S/C18H24OSi/c1-20(2,18-10-4-3-5-11-18)19-17-13-12-15-8-6-7-9-16(15)14-17/h6-9,12-14,18H,3-5,10-11H2,1-2H3. The van der Waals surface area contributed by atoms with Crippen LogP contribution in [0.2, 0.25) is 18.6 Å². The normalized spacial score (nSPS) is 17.3. The summed E-state index contributed by atoms with van der Waals surface area (Å²) in [6.45, 7) is 4.77. The number of benzene rings is 2. The Bertz CT molecular complexity index is 585. The van der Waals surface area contributed by atoms with Gasteiger partial charge in [0, 0.05) is 0 Å². The molecule has 0 aliphatic heterocycles. The first kappa shape index (κ1) is 13.7. The van der Waals surface area contributed by atoms with Gasteiger partial charge < -0.3 is 4.43 Å². The Morgan fingerprint density at radius 2 is 1.60 bits per heavy atom. The van der Waals surface area contributed by atoms with Gasteiger partial charge in [0.25, 0.3) is 0 Å². The molecule has 3 rings (SSSR count). The molecule has 0 spiro atoms. The van der Waals surface area contributed by atoms with Gasteiger partial charge >= 0.3 is 0 Å². The molecule has 0 amide bonds. The lowest BCUT2D eigenvalue weighted by atomic mass is 10.0. The van der Waals surface area contributed by atoms with Gasteiger partial charge in [0.2, 0.25) is 8.32 Å². The quantitative estimate of drug-likeness (QED) is 0.651. The molecule has 1 aliphatic carbocycles. The third-order valence-corrected chi connectivity index (χ3v) is 8.00. The summed E-state index contributed by atoms with van der Waals surface area (Å²) in [5.74, 6) is 1.06. The van der Waals surface area contributed by atoms with E-state index in [0.29, 0.717) is 0 Å². The van der Waals surface area contributed by atoms with E-state index in [1.807, 2.05) is 0 Å². The second-order valence-electron chi connectivity index (χ2n) is 6.55. The van der Waals surface area contributed by atoms with Crippen molar-refractivity contribution in [2.45, 2.75) is 50.7 Å². The molecule has 0 saturated heterocycles. The second-order valence-corrected chi connectivity index (χ2v) is 10.8. The van der Waals surface area contributed by atoms with Gasteiger partial charge in [-0.1, -0.05) is 49.6 Å². The average Bonchev–Trinajstić information content (AvgIpc) is 2.48. The van der Waals surface area contributed by atoms with Crippen molar-refractivity contribution in [1.29, 1.82) is 0 Å². The van der Waals surface area contributed by atoms with Crippen LogP contribution in [0, 0.1) is 0 Å². The highest BCUT2D eigenvalue weighted by molar-refractivity contribution is 6.73. The fourth-order valence-electron chi connectivity index (χ4n) is 3.42. The Kier molecular flexibility index (Phi) is 3.84. The second kappa shape index (κ2) is 5.61. The summed E-state index contributed by atoms with van der Waals surface area (Å²) in [6.07, 6.45) is 6.93. The van der Waals surface area contributed by atoms with Crippen molar-refractivity contribution in [3.8, 4) is 5.75 Å². The minimum absolute atomic E-state index is 0.822. The molecule has 1 fully saturated rings. The van der Waals surface area contributed by atoms with Crippen molar-refractivity contribution in [3.63, 3.8) is 0 Å². The maximum atomic E-state index is 6.49. The van der Waals surface area contributed by atoms with Gasteiger partial charge in [-0.3, -0.25) is 0 Å². The van der Waals surface area contributed by atoms with Crippen LogP contribution in [0.15, 0.2) is 42.5 Å². The fraction of sp³-hybridized carbons (Fsp3) is 0.444. The van der Waals surface area contributed by atoms with Crippen LogP contribution in [-0.4, -0.2) is 8.32 Å². The summed E-state index contributed by atoms with van der Waals surface area (Å²) in [4.78, 5) is 0. The molecule has 20 heavy (non-hydrogen) atoms. The maximum Gasteiger partial charge on any atom is 0.248 e. The van der Waals surface area contributed by atoms with Gasteiger partial charge in [0.05, 0.1) is 0 Å². The molecule has 2 heteroatoms. The first-order chi connectivity index (χ1) is 9.65. The van der Waals surface area contributed by atoms with E-state index in [9.17, 15) is 0 Å². The molecule has 1 aliphatic rings. The molecule has 0 N–H and O–H groups in total. The van der Waals surface area contributed by atoms with Crippen LogP contribution in [-0.2, 0) is 0 Å². The van der Waals surface area contributed by atoms with E-state index >= 15 is 0 Å². The molecule has 0 radical (unpaired) electrons. The van der Waals surface area contributed by atoms with E-state index in [0.717, 1.165) is 11.3 Å². The number of rotatable bonds is 3. The monoisotopic (exact) mass is 284 g/mol. The lowest BCUT2D eigenvalue weighted by Gasteiger charge is -2.35. The molecule has 0 unspecified atom stereocenters. The van der Waals surface area contributed by atoms with Crippen molar-refractivity contribution in [1.82, 2.24) is 0 Å². The molecule has 2 aromatic rings.